The van der Waals surface area contributed by atoms with Gasteiger partial charge in [0.1, 0.15) is 19.0 Å². The second kappa shape index (κ2) is 10.2. The molecule has 2 unspecified atom stereocenters. The molecule has 2 atom stereocenters. The van der Waals surface area contributed by atoms with Crippen LogP contribution in [-0.4, -0.2) is 55.9 Å². The van der Waals surface area contributed by atoms with E-state index in [9.17, 15) is 4.79 Å². The molecule has 6 nitrogen and oxygen atoms in total. The van der Waals surface area contributed by atoms with Gasteiger partial charge in [0, 0.05) is 12.1 Å². The van der Waals surface area contributed by atoms with Crippen molar-refractivity contribution in [3.05, 3.63) is 54.1 Å². The van der Waals surface area contributed by atoms with Gasteiger partial charge in [0.05, 0.1) is 25.4 Å². The van der Waals surface area contributed by atoms with E-state index < -0.39 is 0 Å². The fourth-order valence-electron chi connectivity index (χ4n) is 3.21. The van der Waals surface area contributed by atoms with Crippen LogP contribution in [0, 0.1) is 0 Å². The number of rotatable bonds is 8. The van der Waals surface area contributed by atoms with Gasteiger partial charge < -0.3 is 23.8 Å². The van der Waals surface area contributed by atoms with Crippen LogP contribution in [0.4, 0.5) is 0 Å². The molecule has 0 N–H and O–H groups in total. The Kier molecular flexibility index (Phi) is 7.36. The van der Waals surface area contributed by atoms with E-state index in [1.165, 1.54) is 0 Å². The number of ether oxygens (including phenoxy) is 4. The average molecular weight is 399 g/mol. The highest BCUT2D eigenvalue weighted by atomic mass is 16.5. The summed E-state index contributed by atoms with van der Waals surface area (Å²) >= 11 is 0. The van der Waals surface area contributed by atoms with Gasteiger partial charge in [-0.15, -0.1) is 0 Å². The van der Waals surface area contributed by atoms with Crippen LogP contribution in [-0.2, 0) is 4.74 Å². The minimum atomic E-state index is -0.0208. The number of carbonyl (C=O) groups is 1. The summed E-state index contributed by atoms with van der Waals surface area (Å²) in [5, 5.41) is 0. The molecule has 2 aromatic carbocycles. The van der Waals surface area contributed by atoms with E-state index in [0.717, 1.165) is 5.75 Å². The Balaban J connectivity index is 1.64. The highest BCUT2D eigenvalue weighted by molar-refractivity contribution is 5.95. The number of hydrogen-bond acceptors (Lipinski definition) is 5. The van der Waals surface area contributed by atoms with Crippen molar-refractivity contribution in [2.24, 2.45) is 0 Å². The van der Waals surface area contributed by atoms with E-state index in [4.69, 9.17) is 18.9 Å². The van der Waals surface area contributed by atoms with Crippen molar-refractivity contribution in [2.75, 3.05) is 33.0 Å². The summed E-state index contributed by atoms with van der Waals surface area (Å²) < 4.78 is 22.8. The van der Waals surface area contributed by atoms with Crippen molar-refractivity contribution in [3.8, 4) is 17.2 Å². The molecule has 0 aliphatic carbocycles. The molecular weight excluding hydrogens is 370 g/mol. The molecule has 1 saturated heterocycles. The van der Waals surface area contributed by atoms with Gasteiger partial charge in [-0.1, -0.05) is 18.2 Å². The van der Waals surface area contributed by atoms with Crippen LogP contribution < -0.4 is 14.2 Å². The van der Waals surface area contributed by atoms with Crippen LogP contribution in [0.25, 0.3) is 0 Å². The first-order chi connectivity index (χ1) is 14.1. The summed E-state index contributed by atoms with van der Waals surface area (Å²) in [5.74, 6) is 1.94. The zero-order chi connectivity index (χ0) is 20.6. The maximum absolute atomic E-state index is 13.0. The van der Waals surface area contributed by atoms with Crippen molar-refractivity contribution >= 4 is 5.91 Å². The number of para-hydroxylation sites is 1. The summed E-state index contributed by atoms with van der Waals surface area (Å²) in [7, 11) is 0. The van der Waals surface area contributed by atoms with E-state index in [1.807, 2.05) is 56.0 Å². The molecule has 1 aliphatic rings. The third kappa shape index (κ3) is 5.64. The SMILES string of the molecule is CCOc1cc(C(=O)N2CC(C)OCC2C)ccc1OCCOc1ccccc1. The largest absolute Gasteiger partial charge is 0.490 e. The number of nitrogens with zero attached hydrogens (tertiary/aromatic N) is 1. The lowest BCUT2D eigenvalue weighted by molar-refractivity contribution is -0.0387. The van der Waals surface area contributed by atoms with E-state index in [2.05, 4.69) is 0 Å². The van der Waals surface area contributed by atoms with Gasteiger partial charge in [-0.2, -0.15) is 0 Å². The van der Waals surface area contributed by atoms with Crippen molar-refractivity contribution < 1.29 is 23.7 Å². The molecular formula is C23H29NO5. The van der Waals surface area contributed by atoms with E-state index in [-0.39, 0.29) is 18.1 Å². The predicted octanol–water partition coefficient (Wildman–Crippen LogP) is 3.79. The van der Waals surface area contributed by atoms with Gasteiger partial charge in [-0.05, 0) is 51.1 Å². The zero-order valence-electron chi connectivity index (χ0n) is 17.3. The van der Waals surface area contributed by atoms with Crippen LogP contribution in [0.3, 0.4) is 0 Å². The Morgan fingerprint density at radius 3 is 2.55 bits per heavy atom. The monoisotopic (exact) mass is 399 g/mol. The van der Waals surface area contributed by atoms with Gasteiger partial charge in [0.2, 0.25) is 0 Å². The fraction of sp³-hybridized carbons (Fsp3) is 0.435. The third-order valence-electron chi connectivity index (χ3n) is 4.71. The van der Waals surface area contributed by atoms with Crippen molar-refractivity contribution in [2.45, 2.75) is 32.9 Å². The fourth-order valence-corrected chi connectivity index (χ4v) is 3.21. The minimum absolute atomic E-state index is 0.0208. The molecule has 6 heteroatoms. The number of benzene rings is 2. The predicted molar refractivity (Wildman–Crippen MR) is 111 cm³/mol. The maximum Gasteiger partial charge on any atom is 0.254 e. The molecule has 0 radical (unpaired) electrons. The summed E-state index contributed by atoms with van der Waals surface area (Å²) in [6.45, 7) is 8.29. The summed E-state index contributed by atoms with van der Waals surface area (Å²) in [6, 6.07) is 15.0. The van der Waals surface area contributed by atoms with E-state index >= 15 is 0 Å². The topological polar surface area (TPSA) is 57.2 Å². The van der Waals surface area contributed by atoms with Crippen molar-refractivity contribution in [3.63, 3.8) is 0 Å². The van der Waals surface area contributed by atoms with Gasteiger partial charge in [-0.25, -0.2) is 0 Å². The molecule has 156 valence electrons. The van der Waals surface area contributed by atoms with Crippen LogP contribution >= 0.6 is 0 Å². The normalized spacial score (nSPS) is 18.9. The Hall–Kier alpha value is -2.73. The molecule has 1 amide bonds. The van der Waals surface area contributed by atoms with Gasteiger partial charge in [0.25, 0.3) is 5.91 Å². The molecule has 0 saturated carbocycles. The van der Waals surface area contributed by atoms with Crippen LogP contribution in [0.2, 0.25) is 0 Å². The number of morpholine rings is 1. The highest BCUT2D eigenvalue weighted by Gasteiger charge is 2.28. The minimum Gasteiger partial charge on any atom is -0.490 e. The molecule has 3 rings (SSSR count). The Morgan fingerprint density at radius 1 is 1.03 bits per heavy atom. The van der Waals surface area contributed by atoms with Gasteiger partial charge in [0.15, 0.2) is 11.5 Å². The number of amides is 1. The first kappa shape index (κ1) is 21.0. The van der Waals surface area contributed by atoms with E-state index in [0.29, 0.717) is 50.0 Å². The molecule has 2 aromatic rings. The van der Waals surface area contributed by atoms with Gasteiger partial charge in [-0.3, -0.25) is 4.79 Å². The Bertz CT molecular complexity index is 795. The first-order valence-electron chi connectivity index (χ1n) is 10.1. The standard InChI is InChI=1S/C23H29NO5/c1-4-26-22-14-19(23(25)24-15-18(3)29-16-17(24)2)10-11-21(22)28-13-12-27-20-8-6-5-7-9-20/h5-11,14,17-18H,4,12-13,15-16H2,1-3H3. The Labute approximate surface area is 172 Å². The van der Waals surface area contributed by atoms with Crippen molar-refractivity contribution in [1.29, 1.82) is 0 Å². The van der Waals surface area contributed by atoms with Crippen LogP contribution in [0.5, 0.6) is 17.2 Å². The smallest absolute Gasteiger partial charge is 0.254 e. The zero-order valence-corrected chi connectivity index (χ0v) is 17.3. The first-order valence-corrected chi connectivity index (χ1v) is 10.1. The molecule has 1 aliphatic heterocycles. The molecule has 0 aromatic heterocycles. The molecule has 1 fully saturated rings. The van der Waals surface area contributed by atoms with E-state index in [1.54, 1.807) is 18.2 Å². The lowest BCUT2D eigenvalue weighted by Crippen LogP contribution is -2.50. The number of carbonyl (C=O) groups excluding carboxylic acids is 1. The third-order valence-corrected chi connectivity index (χ3v) is 4.71. The second-order valence-electron chi connectivity index (χ2n) is 7.05. The number of hydrogen-bond donors (Lipinski definition) is 0. The lowest BCUT2D eigenvalue weighted by Gasteiger charge is -2.36. The highest BCUT2D eigenvalue weighted by Crippen LogP contribution is 2.29. The van der Waals surface area contributed by atoms with Gasteiger partial charge >= 0.3 is 0 Å². The summed E-state index contributed by atoms with van der Waals surface area (Å²) in [5.41, 5.74) is 0.585. The average Bonchev–Trinajstić information content (AvgIpc) is 2.74. The summed E-state index contributed by atoms with van der Waals surface area (Å²) in [6.07, 6.45) is 0.0359. The second-order valence-corrected chi connectivity index (χ2v) is 7.05. The quantitative estimate of drug-likeness (QED) is 0.632. The lowest BCUT2D eigenvalue weighted by atomic mass is 10.1. The molecule has 1 heterocycles. The molecule has 0 spiro atoms. The van der Waals surface area contributed by atoms with Crippen LogP contribution in [0.1, 0.15) is 31.1 Å². The van der Waals surface area contributed by atoms with Crippen molar-refractivity contribution in [1.82, 2.24) is 4.90 Å². The molecule has 29 heavy (non-hydrogen) atoms. The van der Waals surface area contributed by atoms with Crippen LogP contribution in [0.15, 0.2) is 48.5 Å². The molecule has 0 bridgehead atoms. The maximum atomic E-state index is 13.0. The summed E-state index contributed by atoms with van der Waals surface area (Å²) in [4.78, 5) is 14.8. The Morgan fingerprint density at radius 2 is 1.79 bits per heavy atom.